The Balaban J connectivity index is 2.22. The van der Waals surface area contributed by atoms with Crippen molar-refractivity contribution in [3.05, 3.63) is 35.4 Å². The molecule has 0 fully saturated rings. The summed E-state index contributed by atoms with van der Waals surface area (Å²) in [6, 6.07) is 7.61. The van der Waals surface area contributed by atoms with Crippen LogP contribution in [0.3, 0.4) is 0 Å². The zero-order valence-electron chi connectivity index (χ0n) is 15.1. The standard InChI is InChI=1S/C20H19NO5/c1-23-15-5-10-11-6-16(24-2)18(26-4)8-13(11)19-14(9-21-20(19)22)12(10)7-17(15)25-3/h5-8H,9H2,1-4H3,(H,21,22). The quantitative estimate of drug-likeness (QED) is 0.729. The number of amides is 1. The number of carbonyl (C=O) groups excluding carboxylic acids is 1. The van der Waals surface area contributed by atoms with Crippen molar-refractivity contribution >= 4 is 27.5 Å². The van der Waals surface area contributed by atoms with E-state index < -0.39 is 0 Å². The Labute approximate surface area is 150 Å². The summed E-state index contributed by atoms with van der Waals surface area (Å²) >= 11 is 0. The van der Waals surface area contributed by atoms with Crippen molar-refractivity contribution in [1.82, 2.24) is 5.32 Å². The lowest BCUT2D eigenvalue weighted by atomic mass is 9.92. The zero-order chi connectivity index (χ0) is 18.4. The molecule has 0 radical (unpaired) electrons. The van der Waals surface area contributed by atoms with Crippen molar-refractivity contribution in [1.29, 1.82) is 0 Å². The SMILES string of the molecule is COc1cc2c3c(c4cc(OC)c(OC)cc4c2cc1OC)C(=O)NC3. The first-order valence-electron chi connectivity index (χ1n) is 8.17. The van der Waals surface area contributed by atoms with E-state index in [1.54, 1.807) is 28.4 Å². The molecular weight excluding hydrogens is 334 g/mol. The first kappa shape index (κ1) is 16.3. The van der Waals surface area contributed by atoms with Gasteiger partial charge in [0.05, 0.1) is 34.0 Å². The van der Waals surface area contributed by atoms with Gasteiger partial charge in [0.2, 0.25) is 0 Å². The summed E-state index contributed by atoms with van der Waals surface area (Å²) in [6.07, 6.45) is 0. The van der Waals surface area contributed by atoms with Crippen molar-refractivity contribution in [2.24, 2.45) is 0 Å². The summed E-state index contributed by atoms with van der Waals surface area (Å²) in [7, 11) is 6.38. The van der Waals surface area contributed by atoms with Gasteiger partial charge < -0.3 is 24.3 Å². The number of fused-ring (bicyclic) bond motifs is 6. The second kappa shape index (κ2) is 5.98. The third kappa shape index (κ3) is 2.15. The van der Waals surface area contributed by atoms with Gasteiger partial charge >= 0.3 is 0 Å². The number of hydrogen-bond donors (Lipinski definition) is 1. The fraction of sp³-hybridized carbons (Fsp3) is 0.250. The minimum Gasteiger partial charge on any atom is -0.493 e. The van der Waals surface area contributed by atoms with Crippen LogP contribution in [0.4, 0.5) is 0 Å². The molecule has 1 aliphatic heterocycles. The number of methoxy groups -OCH3 is 4. The summed E-state index contributed by atoms with van der Waals surface area (Å²) < 4.78 is 21.8. The molecule has 3 aromatic carbocycles. The van der Waals surface area contributed by atoms with Crippen LogP contribution in [0.2, 0.25) is 0 Å². The van der Waals surface area contributed by atoms with E-state index >= 15 is 0 Å². The zero-order valence-corrected chi connectivity index (χ0v) is 15.1. The molecule has 0 unspecified atom stereocenters. The molecule has 26 heavy (non-hydrogen) atoms. The highest BCUT2D eigenvalue weighted by molar-refractivity contribution is 6.21. The normalized spacial score (nSPS) is 12.8. The summed E-state index contributed by atoms with van der Waals surface area (Å²) in [5.74, 6) is 2.36. The molecule has 1 aliphatic rings. The molecule has 0 saturated heterocycles. The van der Waals surface area contributed by atoms with E-state index in [0.717, 1.165) is 27.1 Å². The molecule has 0 spiro atoms. The fourth-order valence-electron chi connectivity index (χ4n) is 3.66. The Kier molecular flexibility index (Phi) is 3.76. The van der Waals surface area contributed by atoms with Crippen LogP contribution in [-0.4, -0.2) is 34.3 Å². The number of nitrogens with one attached hydrogen (secondary N) is 1. The largest absolute Gasteiger partial charge is 0.493 e. The van der Waals surface area contributed by atoms with Gasteiger partial charge in [-0.05, 0) is 51.4 Å². The first-order chi connectivity index (χ1) is 12.6. The van der Waals surface area contributed by atoms with Gasteiger partial charge in [0.15, 0.2) is 23.0 Å². The second-order valence-electron chi connectivity index (χ2n) is 6.04. The minimum absolute atomic E-state index is 0.0890. The van der Waals surface area contributed by atoms with Crippen molar-refractivity contribution in [3.8, 4) is 23.0 Å². The molecule has 6 heteroatoms. The summed E-state index contributed by atoms with van der Waals surface area (Å²) in [5, 5.41) is 6.56. The van der Waals surface area contributed by atoms with Crippen LogP contribution in [0.15, 0.2) is 24.3 Å². The van der Waals surface area contributed by atoms with Crippen LogP contribution < -0.4 is 24.3 Å². The fourth-order valence-corrected chi connectivity index (χ4v) is 3.66. The third-order valence-corrected chi connectivity index (χ3v) is 4.89. The topological polar surface area (TPSA) is 66.0 Å². The van der Waals surface area contributed by atoms with Crippen molar-refractivity contribution < 1.29 is 23.7 Å². The van der Waals surface area contributed by atoms with E-state index in [-0.39, 0.29) is 5.91 Å². The van der Waals surface area contributed by atoms with Gasteiger partial charge in [-0.25, -0.2) is 0 Å². The van der Waals surface area contributed by atoms with Crippen LogP contribution in [-0.2, 0) is 6.54 Å². The van der Waals surface area contributed by atoms with Crippen molar-refractivity contribution in [2.75, 3.05) is 28.4 Å². The smallest absolute Gasteiger partial charge is 0.252 e. The second-order valence-corrected chi connectivity index (χ2v) is 6.04. The lowest BCUT2D eigenvalue weighted by Gasteiger charge is -2.16. The number of rotatable bonds is 4. The molecule has 3 aromatic rings. The summed E-state index contributed by atoms with van der Waals surface area (Å²) in [6.45, 7) is 0.477. The Bertz CT molecular complexity index is 1060. The molecule has 0 aromatic heterocycles. The van der Waals surface area contributed by atoms with Gasteiger partial charge in [0, 0.05) is 6.54 Å². The predicted molar refractivity (Wildman–Crippen MR) is 98.8 cm³/mol. The van der Waals surface area contributed by atoms with Crippen molar-refractivity contribution in [2.45, 2.75) is 6.54 Å². The molecule has 1 heterocycles. The van der Waals surface area contributed by atoms with Crippen LogP contribution >= 0.6 is 0 Å². The molecule has 6 nitrogen and oxygen atoms in total. The van der Waals surface area contributed by atoms with Crippen LogP contribution in [0.25, 0.3) is 21.5 Å². The number of ether oxygens (including phenoxy) is 4. The van der Waals surface area contributed by atoms with Crippen LogP contribution in [0.1, 0.15) is 15.9 Å². The van der Waals surface area contributed by atoms with Crippen molar-refractivity contribution in [3.63, 3.8) is 0 Å². The summed E-state index contributed by atoms with van der Waals surface area (Å²) in [5.41, 5.74) is 1.62. The molecule has 134 valence electrons. The minimum atomic E-state index is -0.0890. The molecule has 1 amide bonds. The highest BCUT2D eigenvalue weighted by atomic mass is 16.5. The van der Waals surface area contributed by atoms with Gasteiger partial charge in [0.1, 0.15) is 0 Å². The molecule has 4 rings (SSSR count). The molecule has 0 atom stereocenters. The van der Waals surface area contributed by atoms with E-state index in [2.05, 4.69) is 5.32 Å². The lowest BCUT2D eigenvalue weighted by Crippen LogP contribution is -2.12. The maximum atomic E-state index is 12.5. The highest BCUT2D eigenvalue weighted by Crippen LogP contribution is 2.44. The number of hydrogen-bond acceptors (Lipinski definition) is 5. The van der Waals surface area contributed by atoms with Crippen LogP contribution in [0, 0.1) is 0 Å². The maximum absolute atomic E-state index is 12.5. The Morgan fingerprint density at radius 2 is 1.12 bits per heavy atom. The van der Waals surface area contributed by atoms with E-state index in [9.17, 15) is 4.79 Å². The molecule has 0 saturated carbocycles. The Morgan fingerprint density at radius 1 is 0.692 bits per heavy atom. The monoisotopic (exact) mass is 353 g/mol. The van der Waals surface area contributed by atoms with Gasteiger partial charge in [-0.1, -0.05) is 0 Å². The van der Waals surface area contributed by atoms with Gasteiger partial charge in [-0.2, -0.15) is 0 Å². The van der Waals surface area contributed by atoms with Gasteiger partial charge in [0.25, 0.3) is 5.91 Å². The average molecular weight is 353 g/mol. The van der Waals surface area contributed by atoms with E-state index in [0.29, 0.717) is 35.1 Å². The maximum Gasteiger partial charge on any atom is 0.252 e. The highest BCUT2D eigenvalue weighted by Gasteiger charge is 2.27. The van der Waals surface area contributed by atoms with E-state index in [1.807, 2.05) is 24.3 Å². The Hall–Kier alpha value is -3.15. The molecule has 1 N–H and O–H groups in total. The average Bonchev–Trinajstić information content (AvgIpc) is 3.07. The Morgan fingerprint density at radius 3 is 1.62 bits per heavy atom. The molecular formula is C20H19NO5. The van der Waals surface area contributed by atoms with E-state index in [4.69, 9.17) is 18.9 Å². The molecule has 0 aliphatic carbocycles. The lowest BCUT2D eigenvalue weighted by molar-refractivity contribution is 0.0967. The number of carbonyl (C=O) groups is 1. The molecule has 0 bridgehead atoms. The van der Waals surface area contributed by atoms with Gasteiger partial charge in [-0.3, -0.25) is 4.79 Å². The summed E-state index contributed by atoms with van der Waals surface area (Å²) in [4.78, 5) is 12.5. The first-order valence-corrected chi connectivity index (χ1v) is 8.17. The van der Waals surface area contributed by atoms with Crippen LogP contribution in [0.5, 0.6) is 23.0 Å². The van der Waals surface area contributed by atoms with Gasteiger partial charge in [-0.15, -0.1) is 0 Å². The predicted octanol–water partition coefficient (Wildman–Crippen LogP) is 3.27. The van der Waals surface area contributed by atoms with E-state index in [1.165, 1.54) is 0 Å². The number of benzene rings is 3. The third-order valence-electron chi connectivity index (χ3n) is 4.89.